The molecule has 0 spiro atoms. The predicted molar refractivity (Wildman–Crippen MR) is 93.8 cm³/mol. The van der Waals surface area contributed by atoms with E-state index in [9.17, 15) is 5.11 Å². The summed E-state index contributed by atoms with van der Waals surface area (Å²) in [6.07, 6.45) is 4.26. The first kappa shape index (κ1) is 18.6. The highest BCUT2D eigenvalue weighted by Gasteiger charge is 2.25. The molecule has 7 heteroatoms. The molecule has 0 saturated heterocycles. The van der Waals surface area contributed by atoms with Crippen LogP contribution in [0, 0.1) is 0 Å². The summed E-state index contributed by atoms with van der Waals surface area (Å²) in [6.45, 7) is 7.07. The van der Waals surface area contributed by atoms with E-state index < -0.39 is 5.60 Å². The lowest BCUT2D eigenvalue weighted by atomic mass is 9.94. The lowest BCUT2D eigenvalue weighted by molar-refractivity contribution is 0.0581. The van der Waals surface area contributed by atoms with Gasteiger partial charge in [-0.3, -0.25) is 0 Å². The lowest BCUT2D eigenvalue weighted by Crippen LogP contribution is -2.27. The summed E-state index contributed by atoms with van der Waals surface area (Å²) in [4.78, 5) is 9.25. The molecule has 134 valence electrons. The molecule has 5 N–H and O–H groups in total. The quantitative estimate of drug-likeness (QED) is 0.855. The first-order valence-corrected chi connectivity index (χ1v) is 8.37. The SMILES string of the molecule is CCOCc1nc2c(N)nc3c(c2n1CC(C)(C)O)CCCC3.O. The highest BCUT2D eigenvalue weighted by Crippen LogP contribution is 2.32. The molecule has 0 bridgehead atoms. The van der Waals surface area contributed by atoms with E-state index in [4.69, 9.17) is 10.5 Å². The fourth-order valence-corrected chi connectivity index (χ4v) is 3.31. The van der Waals surface area contributed by atoms with Crippen molar-refractivity contribution >= 4 is 16.9 Å². The Kier molecular flexibility index (Phi) is 5.47. The first-order chi connectivity index (χ1) is 10.9. The van der Waals surface area contributed by atoms with Crippen LogP contribution in [0.15, 0.2) is 0 Å². The van der Waals surface area contributed by atoms with E-state index in [1.54, 1.807) is 13.8 Å². The number of ether oxygens (including phenoxy) is 1. The van der Waals surface area contributed by atoms with Crippen molar-refractivity contribution in [1.29, 1.82) is 0 Å². The summed E-state index contributed by atoms with van der Waals surface area (Å²) >= 11 is 0. The Morgan fingerprint density at radius 2 is 1.96 bits per heavy atom. The van der Waals surface area contributed by atoms with Crippen molar-refractivity contribution < 1.29 is 15.3 Å². The molecule has 0 saturated carbocycles. The number of aromatic nitrogens is 3. The minimum Gasteiger partial charge on any atom is -0.412 e. The number of nitrogen functional groups attached to an aromatic ring is 1. The number of anilines is 1. The topological polar surface area (TPSA) is 118 Å². The predicted octanol–water partition coefficient (Wildman–Crippen LogP) is 1.38. The summed E-state index contributed by atoms with van der Waals surface area (Å²) in [7, 11) is 0. The molecule has 2 aromatic heterocycles. The van der Waals surface area contributed by atoms with Crippen LogP contribution < -0.4 is 5.73 Å². The number of imidazole rings is 1. The van der Waals surface area contributed by atoms with Gasteiger partial charge in [0.25, 0.3) is 0 Å². The molecule has 0 aliphatic heterocycles. The molecule has 2 aromatic rings. The van der Waals surface area contributed by atoms with E-state index in [1.165, 1.54) is 5.56 Å². The van der Waals surface area contributed by atoms with Gasteiger partial charge in [-0.25, -0.2) is 9.97 Å². The van der Waals surface area contributed by atoms with Gasteiger partial charge in [0.05, 0.1) is 17.7 Å². The third-order valence-corrected chi connectivity index (χ3v) is 4.25. The van der Waals surface area contributed by atoms with Gasteiger partial charge in [0.2, 0.25) is 0 Å². The number of nitrogens with two attached hydrogens (primary N) is 1. The molecule has 0 radical (unpaired) electrons. The van der Waals surface area contributed by atoms with Crippen LogP contribution in [0.2, 0.25) is 0 Å². The number of pyridine rings is 1. The number of hydrogen-bond acceptors (Lipinski definition) is 5. The standard InChI is InChI=1S/C17H26N4O2.H2O/c1-4-23-9-13-20-14-15(21(13)10-17(2,3)22)11-7-5-6-8-12(11)19-16(14)18;/h22H,4-10H2,1-3H3,(H2,18,19);1H2. The maximum atomic E-state index is 10.3. The Morgan fingerprint density at radius 3 is 2.62 bits per heavy atom. The zero-order valence-corrected chi connectivity index (χ0v) is 14.7. The zero-order chi connectivity index (χ0) is 16.6. The van der Waals surface area contributed by atoms with Crippen molar-refractivity contribution in [2.45, 2.75) is 65.2 Å². The average molecular weight is 336 g/mol. The number of hydrogen-bond donors (Lipinski definition) is 2. The van der Waals surface area contributed by atoms with E-state index in [2.05, 4.69) is 14.5 Å². The van der Waals surface area contributed by atoms with Crippen molar-refractivity contribution in [3.05, 3.63) is 17.1 Å². The molecule has 24 heavy (non-hydrogen) atoms. The minimum absolute atomic E-state index is 0. The van der Waals surface area contributed by atoms with Crippen LogP contribution in [0.5, 0.6) is 0 Å². The summed E-state index contributed by atoms with van der Waals surface area (Å²) in [5, 5.41) is 10.3. The molecule has 3 rings (SSSR count). The van der Waals surface area contributed by atoms with Gasteiger partial charge in [0.1, 0.15) is 17.9 Å². The van der Waals surface area contributed by atoms with Crippen LogP contribution in [0.4, 0.5) is 5.82 Å². The van der Waals surface area contributed by atoms with Crippen LogP contribution in [0.1, 0.15) is 50.7 Å². The molecular weight excluding hydrogens is 308 g/mol. The van der Waals surface area contributed by atoms with E-state index in [-0.39, 0.29) is 5.48 Å². The van der Waals surface area contributed by atoms with E-state index in [0.717, 1.165) is 48.2 Å². The van der Waals surface area contributed by atoms with E-state index >= 15 is 0 Å². The van der Waals surface area contributed by atoms with Crippen molar-refractivity contribution in [2.24, 2.45) is 0 Å². The van der Waals surface area contributed by atoms with Crippen LogP contribution in [0.3, 0.4) is 0 Å². The largest absolute Gasteiger partial charge is 0.412 e. The Morgan fingerprint density at radius 1 is 1.25 bits per heavy atom. The number of fused-ring (bicyclic) bond motifs is 3. The third-order valence-electron chi connectivity index (χ3n) is 4.25. The second-order valence-electron chi connectivity index (χ2n) is 6.89. The first-order valence-electron chi connectivity index (χ1n) is 8.37. The van der Waals surface area contributed by atoms with Gasteiger partial charge >= 0.3 is 0 Å². The van der Waals surface area contributed by atoms with Crippen molar-refractivity contribution in [3.8, 4) is 0 Å². The number of nitrogens with zero attached hydrogens (tertiary/aromatic N) is 3. The molecule has 0 aromatic carbocycles. The fraction of sp³-hybridized carbons (Fsp3) is 0.647. The highest BCUT2D eigenvalue weighted by molar-refractivity contribution is 5.89. The summed E-state index contributed by atoms with van der Waals surface area (Å²) in [6, 6.07) is 0. The molecule has 0 fully saturated rings. The Balaban J connectivity index is 0.00000208. The molecule has 7 nitrogen and oxygen atoms in total. The second kappa shape index (κ2) is 7.04. The van der Waals surface area contributed by atoms with Crippen LogP contribution in [-0.2, 0) is 30.7 Å². The van der Waals surface area contributed by atoms with Gasteiger partial charge in [-0.1, -0.05) is 0 Å². The van der Waals surface area contributed by atoms with E-state index in [0.29, 0.717) is 25.6 Å². The van der Waals surface area contributed by atoms with Crippen LogP contribution in [-0.4, -0.2) is 37.3 Å². The average Bonchev–Trinajstić information content (AvgIpc) is 2.83. The Labute approximate surface area is 142 Å². The fourth-order valence-electron chi connectivity index (χ4n) is 3.31. The smallest absolute Gasteiger partial charge is 0.151 e. The summed E-state index contributed by atoms with van der Waals surface area (Å²) < 4.78 is 7.64. The van der Waals surface area contributed by atoms with E-state index in [1.807, 2.05) is 6.92 Å². The van der Waals surface area contributed by atoms with Gasteiger partial charge in [-0.05, 0) is 52.0 Å². The molecule has 1 aliphatic rings. The van der Waals surface area contributed by atoms with Crippen molar-refractivity contribution in [3.63, 3.8) is 0 Å². The number of aliphatic hydroxyl groups is 1. The molecular formula is C17H28N4O3. The summed E-state index contributed by atoms with van der Waals surface area (Å²) in [5.41, 5.74) is 9.42. The van der Waals surface area contributed by atoms with Crippen molar-refractivity contribution in [2.75, 3.05) is 12.3 Å². The Bertz CT molecular complexity index is 719. The van der Waals surface area contributed by atoms with Gasteiger partial charge in [0, 0.05) is 12.3 Å². The molecule has 0 amide bonds. The van der Waals surface area contributed by atoms with Gasteiger partial charge in [-0.15, -0.1) is 0 Å². The maximum Gasteiger partial charge on any atom is 0.151 e. The number of rotatable bonds is 5. The highest BCUT2D eigenvalue weighted by atomic mass is 16.5. The monoisotopic (exact) mass is 336 g/mol. The third kappa shape index (κ3) is 3.53. The minimum atomic E-state index is -0.839. The Hall–Kier alpha value is -1.70. The molecule has 0 unspecified atom stereocenters. The van der Waals surface area contributed by atoms with Crippen LogP contribution in [0.25, 0.3) is 11.0 Å². The van der Waals surface area contributed by atoms with Crippen LogP contribution >= 0.6 is 0 Å². The second-order valence-corrected chi connectivity index (χ2v) is 6.89. The van der Waals surface area contributed by atoms with Crippen molar-refractivity contribution in [1.82, 2.24) is 14.5 Å². The van der Waals surface area contributed by atoms with Gasteiger partial charge < -0.3 is 25.6 Å². The zero-order valence-electron chi connectivity index (χ0n) is 14.7. The number of aryl methyl sites for hydroxylation is 2. The normalized spacial score (nSPS) is 14.5. The van der Waals surface area contributed by atoms with Gasteiger partial charge in [0.15, 0.2) is 5.82 Å². The molecule has 2 heterocycles. The molecule has 0 atom stereocenters. The lowest BCUT2D eigenvalue weighted by Gasteiger charge is -2.23. The maximum absolute atomic E-state index is 10.3. The summed E-state index contributed by atoms with van der Waals surface area (Å²) in [5.74, 6) is 1.28. The van der Waals surface area contributed by atoms with Gasteiger partial charge in [-0.2, -0.15) is 0 Å². The molecule has 1 aliphatic carbocycles.